The zero-order valence-corrected chi connectivity index (χ0v) is 7.51. The van der Waals surface area contributed by atoms with E-state index < -0.39 is 30.1 Å². The van der Waals surface area contributed by atoms with Crippen LogP contribution in [0, 0.1) is 0 Å². The van der Waals surface area contributed by atoms with Gasteiger partial charge in [0.15, 0.2) is 0 Å². The molecule has 0 radical (unpaired) electrons. The van der Waals surface area contributed by atoms with Crippen LogP contribution in [0.5, 0.6) is 0 Å². The van der Waals surface area contributed by atoms with E-state index in [1.54, 1.807) is 0 Å². The Kier molecular flexibility index (Phi) is 3.50. The van der Waals surface area contributed by atoms with Gasteiger partial charge in [-0.05, 0) is 6.92 Å². The maximum atomic E-state index is 12.3. The van der Waals surface area contributed by atoms with Crippen molar-refractivity contribution in [2.45, 2.75) is 32.0 Å². The third-order valence-electron chi connectivity index (χ3n) is 1.46. The van der Waals surface area contributed by atoms with Crippen LogP contribution in [0.1, 0.15) is 20.3 Å². The molecular formula is C7H9F3O4. The molecule has 0 amide bonds. The molecule has 0 spiro atoms. The van der Waals surface area contributed by atoms with Crippen molar-refractivity contribution in [1.29, 1.82) is 0 Å². The predicted octanol–water partition coefficient (Wildman–Crippen LogP) is 1.35. The summed E-state index contributed by atoms with van der Waals surface area (Å²) in [5.41, 5.74) is -2.97. The van der Waals surface area contributed by atoms with Crippen molar-refractivity contribution in [2.24, 2.45) is 0 Å². The molecule has 0 aromatic heterocycles. The first-order chi connectivity index (χ1) is 6.08. The van der Waals surface area contributed by atoms with Crippen molar-refractivity contribution >= 4 is 11.9 Å². The number of hydrogen-bond donors (Lipinski definition) is 1. The molecule has 0 aromatic rings. The Morgan fingerprint density at radius 2 is 1.79 bits per heavy atom. The molecule has 0 aliphatic heterocycles. The van der Waals surface area contributed by atoms with E-state index in [-0.39, 0.29) is 0 Å². The zero-order valence-electron chi connectivity index (χ0n) is 7.51. The quantitative estimate of drug-likeness (QED) is 0.720. The molecule has 0 fully saturated rings. The van der Waals surface area contributed by atoms with Gasteiger partial charge in [-0.2, -0.15) is 13.2 Å². The molecule has 0 bridgehead atoms. The Balaban J connectivity index is 4.85. The number of rotatable bonds is 3. The summed E-state index contributed by atoms with van der Waals surface area (Å²) in [5.74, 6) is -2.86. The number of carboxylic acids is 1. The minimum Gasteiger partial charge on any atom is -0.481 e. The lowest BCUT2D eigenvalue weighted by molar-refractivity contribution is -0.264. The lowest BCUT2D eigenvalue weighted by atomic mass is 10.0. The van der Waals surface area contributed by atoms with Gasteiger partial charge in [-0.1, -0.05) is 0 Å². The van der Waals surface area contributed by atoms with E-state index in [0.29, 0.717) is 6.92 Å². The molecule has 14 heavy (non-hydrogen) atoms. The Morgan fingerprint density at radius 3 is 2.00 bits per heavy atom. The van der Waals surface area contributed by atoms with Crippen molar-refractivity contribution in [3.05, 3.63) is 0 Å². The van der Waals surface area contributed by atoms with Gasteiger partial charge < -0.3 is 9.84 Å². The average molecular weight is 214 g/mol. The monoisotopic (exact) mass is 214 g/mol. The Bertz CT molecular complexity index is 230. The summed E-state index contributed by atoms with van der Waals surface area (Å²) < 4.78 is 40.8. The lowest BCUT2D eigenvalue weighted by Gasteiger charge is -2.29. The van der Waals surface area contributed by atoms with Crippen LogP contribution in [0.3, 0.4) is 0 Å². The van der Waals surface area contributed by atoms with Gasteiger partial charge in [0.05, 0.1) is 6.42 Å². The highest BCUT2D eigenvalue weighted by molar-refractivity contribution is 5.71. The second-order valence-corrected chi connectivity index (χ2v) is 2.89. The molecule has 82 valence electrons. The molecular weight excluding hydrogens is 205 g/mol. The standard InChI is InChI=1S/C7H9F3O4/c1-4(11)14-6(2,3-5(12)13)7(8,9)10/h3H2,1-2H3,(H,12,13). The average Bonchev–Trinajstić information content (AvgIpc) is 1.78. The summed E-state index contributed by atoms with van der Waals surface area (Å²) in [6, 6.07) is 0. The van der Waals surface area contributed by atoms with E-state index in [9.17, 15) is 22.8 Å². The van der Waals surface area contributed by atoms with Gasteiger partial charge in [0.2, 0.25) is 5.60 Å². The third-order valence-corrected chi connectivity index (χ3v) is 1.46. The third kappa shape index (κ3) is 3.23. The Labute approximate surface area is 77.7 Å². The highest BCUT2D eigenvalue weighted by Crippen LogP contribution is 2.36. The lowest BCUT2D eigenvalue weighted by Crippen LogP contribution is -2.47. The van der Waals surface area contributed by atoms with Crippen LogP contribution in [-0.4, -0.2) is 28.8 Å². The van der Waals surface area contributed by atoms with Gasteiger partial charge in [-0.25, -0.2) is 0 Å². The van der Waals surface area contributed by atoms with Crippen LogP contribution in [0.4, 0.5) is 13.2 Å². The number of halogens is 3. The first kappa shape index (κ1) is 12.7. The molecule has 0 aliphatic carbocycles. The Morgan fingerprint density at radius 1 is 1.36 bits per heavy atom. The molecule has 0 saturated heterocycles. The molecule has 0 rings (SSSR count). The van der Waals surface area contributed by atoms with Crippen molar-refractivity contribution in [2.75, 3.05) is 0 Å². The largest absolute Gasteiger partial charge is 0.481 e. The fourth-order valence-corrected chi connectivity index (χ4v) is 0.800. The minimum atomic E-state index is -4.91. The summed E-state index contributed by atoms with van der Waals surface area (Å²) in [4.78, 5) is 20.5. The molecule has 0 aromatic carbocycles. The highest BCUT2D eigenvalue weighted by atomic mass is 19.4. The van der Waals surface area contributed by atoms with E-state index in [2.05, 4.69) is 4.74 Å². The minimum absolute atomic E-state index is 0.516. The number of aliphatic carboxylic acids is 1. The molecule has 0 heterocycles. The molecule has 0 aliphatic rings. The van der Waals surface area contributed by atoms with E-state index in [1.807, 2.05) is 0 Å². The summed E-state index contributed by atoms with van der Waals surface area (Å²) in [6.07, 6.45) is -6.22. The second kappa shape index (κ2) is 3.85. The summed E-state index contributed by atoms with van der Waals surface area (Å²) >= 11 is 0. The number of ether oxygens (including phenoxy) is 1. The van der Waals surface area contributed by atoms with Crippen LogP contribution >= 0.6 is 0 Å². The number of hydrogen-bond acceptors (Lipinski definition) is 3. The van der Waals surface area contributed by atoms with Crippen LogP contribution in [-0.2, 0) is 14.3 Å². The molecule has 0 saturated carbocycles. The van der Waals surface area contributed by atoms with Gasteiger partial charge in [0, 0.05) is 6.92 Å². The van der Waals surface area contributed by atoms with Crippen molar-refractivity contribution in [3.8, 4) is 0 Å². The molecule has 1 N–H and O–H groups in total. The Hall–Kier alpha value is -1.27. The fraction of sp³-hybridized carbons (Fsp3) is 0.714. The van der Waals surface area contributed by atoms with Gasteiger partial charge in [-0.15, -0.1) is 0 Å². The van der Waals surface area contributed by atoms with E-state index in [1.165, 1.54) is 0 Å². The summed E-state index contributed by atoms with van der Waals surface area (Å²) in [7, 11) is 0. The van der Waals surface area contributed by atoms with Gasteiger partial charge in [0.1, 0.15) is 0 Å². The van der Waals surface area contributed by atoms with E-state index in [0.717, 1.165) is 6.92 Å². The van der Waals surface area contributed by atoms with E-state index in [4.69, 9.17) is 5.11 Å². The molecule has 1 unspecified atom stereocenters. The predicted molar refractivity (Wildman–Crippen MR) is 38.5 cm³/mol. The first-order valence-corrected chi connectivity index (χ1v) is 3.56. The maximum absolute atomic E-state index is 12.3. The normalized spacial score (nSPS) is 15.8. The van der Waals surface area contributed by atoms with Crippen molar-refractivity contribution in [1.82, 2.24) is 0 Å². The van der Waals surface area contributed by atoms with Crippen molar-refractivity contribution in [3.63, 3.8) is 0 Å². The van der Waals surface area contributed by atoms with Crippen LogP contribution < -0.4 is 0 Å². The number of carboxylic acid groups (broad SMARTS) is 1. The second-order valence-electron chi connectivity index (χ2n) is 2.89. The van der Waals surface area contributed by atoms with Crippen LogP contribution in [0.15, 0.2) is 0 Å². The SMILES string of the molecule is CC(=O)OC(C)(CC(=O)O)C(F)(F)F. The summed E-state index contributed by atoms with van der Waals surface area (Å²) in [5, 5.41) is 8.23. The molecule has 7 heteroatoms. The van der Waals surface area contributed by atoms with Gasteiger partial charge in [-0.3, -0.25) is 9.59 Å². The number of esters is 1. The van der Waals surface area contributed by atoms with Crippen LogP contribution in [0.25, 0.3) is 0 Å². The molecule has 1 atom stereocenters. The topological polar surface area (TPSA) is 63.6 Å². The number of carbonyl (C=O) groups is 2. The highest BCUT2D eigenvalue weighted by Gasteiger charge is 2.55. The summed E-state index contributed by atoms with van der Waals surface area (Å²) in [6.45, 7) is 1.30. The first-order valence-electron chi connectivity index (χ1n) is 3.56. The fourth-order valence-electron chi connectivity index (χ4n) is 0.800. The van der Waals surface area contributed by atoms with Gasteiger partial charge >= 0.3 is 18.1 Å². The van der Waals surface area contributed by atoms with E-state index >= 15 is 0 Å². The van der Waals surface area contributed by atoms with Gasteiger partial charge in [0.25, 0.3) is 0 Å². The van der Waals surface area contributed by atoms with Crippen molar-refractivity contribution < 1.29 is 32.6 Å². The molecule has 4 nitrogen and oxygen atoms in total. The zero-order chi connectivity index (χ0) is 11.6. The van der Waals surface area contributed by atoms with Crippen LogP contribution in [0.2, 0.25) is 0 Å². The smallest absolute Gasteiger partial charge is 0.428 e. The number of carbonyl (C=O) groups excluding carboxylic acids is 1. The maximum Gasteiger partial charge on any atom is 0.428 e. The number of alkyl halides is 3.